The van der Waals surface area contributed by atoms with Crippen LogP contribution in [-0.2, 0) is 29.6 Å². The molecule has 2 N–H and O–H groups in total. The molecular weight excluding hydrogens is 398 g/mol. The highest BCUT2D eigenvalue weighted by molar-refractivity contribution is 7.99. The van der Waals surface area contributed by atoms with E-state index in [-0.39, 0.29) is 24.1 Å². The van der Waals surface area contributed by atoms with E-state index in [2.05, 4.69) is 20.8 Å². The number of anilines is 1. The molecule has 0 fully saturated rings. The third-order valence-corrected chi connectivity index (χ3v) is 5.58. The monoisotopic (exact) mass is 423 g/mol. The van der Waals surface area contributed by atoms with Crippen LogP contribution in [0.2, 0.25) is 0 Å². The summed E-state index contributed by atoms with van der Waals surface area (Å²) in [6.45, 7) is 4.27. The molecule has 0 radical (unpaired) electrons. The lowest BCUT2D eigenvalue weighted by Crippen LogP contribution is -2.26. The molecule has 0 aliphatic heterocycles. The Morgan fingerprint density at radius 1 is 1.03 bits per heavy atom. The minimum Gasteiger partial charge on any atom is -0.349 e. The zero-order chi connectivity index (χ0) is 21.5. The summed E-state index contributed by atoms with van der Waals surface area (Å²) in [5.41, 5.74) is 3.95. The molecule has 0 atom stereocenters. The highest BCUT2D eigenvalue weighted by Gasteiger charge is 2.13. The van der Waals surface area contributed by atoms with Gasteiger partial charge in [-0.25, -0.2) is 0 Å². The normalized spacial score (nSPS) is 10.6. The first-order chi connectivity index (χ1) is 14.4. The lowest BCUT2D eigenvalue weighted by molar-refractivity contribution is -0.120. The summed E-state index contributed by atoms with van der Waals surface area (Å²) < 4.78 is 1.79. The van der Waals surface area contributed by atoms with E-state index in [9.17, 15) is 9.59 Å². The van der Waals surface area contributed by atoms with Gasteiger partial charge in [0.2, 0.25) is 11.8 Å². The molecule has 0 spiro atoms. The summed E-state index contributed by atoms with van der Waals surface area (Å²) in [4.78, 5) is 24.4. The number of hydrogen-bond acceptors (Lipinski definition) is 5. The van der Waals surface area contributed by atoms with Crippen molar-refractivity contribution >= 4 is 29.3 Å². The van der Waals surface area contributed by atoms with E-state index in [1.807, 2.05) is 69.4 Å². The number of hydrogen-bond donors (Lipinski definition) is 2. The third-order valence-electron chi connectivity index (χ3n) is 4.56. The zero-order valence-electron chi connectivity index (χ0n) is 17.3. The Labute approximate surface area is 180 Å². The summed E-state index contributed by atoms with van der Waals surface area (Å²) in [6, 6.07) is 15.5. The number of nitrogens with zero attached hydrogens (tertiary/aromatic N) is 3. The molecule has 3 rings (SSSR count). The van der Waals surface area contributed by atoms with Crippen molar-refractivity contribution < 1.29 is 9.59 Å². The molecule has 0 saturated carbocycles. The van der Waals surface area contributed by atoms with Gasteiger partial charge < -0.3 is 15.2 Å². The molecule has 0 aliphatic rings. The zero-order valence-corrected chi connectivity index (χ0v) is 18.1. The molecular formula is C22H25N5O2S. The first-order valence-corrected chi connectivity index (χ1v) is 10.6. The van der Waals surface area contributed by atoms with Gasteiger partial charge in [-0.05, 0) is 31.0 Å². The number of carbonyl (C=O) groups is 2. The quantitative estimate of drug-likeness (QED) is 0.544. The van der Waals surface area contributed by atoms with Crippen molar-refractivity contribution in [1.82, 2.24) is 20.1 Å². The van der Waals surface area contributed by atoms with E-state index in [4.69, 9.17) is 0 Å². The van der Waals surface area contributed by atoms with Crippen molar-refractivity contribution in [1.29, 1.82) is 0 Å². The topological polar surface area (TPSA) is 88.9 Å². The third kappa shape index (κ3) is 5.93. The molecule has 0 aliphatic carbocycles. The summed E-state index contributed by atoms with van der Waals surface area (Å²) in [5, 5.41) is 14.7. The Morgan fingerprint density at radius 3 is 2.53 bits per heavy atom. The summed E-state index contributed by atoms with van der Waals surface area (Å²) >= 11 is 1.31. The number of rotatable bonds is 8. The fourth-order valence-electron chi connectivity index (χ4n) is 2.92. The maximum absolute atomic E-state index is 12.3. The van der Waals surface area contributed by atoms with E-state index in [0.717, 1.165) is 22.4 Å². The van der Waals surface area contributed by atoms with Crippen LogP contribution in [0.3, 0.4) is 0 Å². The number of amides is 2. The first-order valence-electron chi connectivity index (χ1n) is 9.61. The lowest BCUT2D eigenvalue weighted by atomic mass is 10.1. The van der Waals surface area contributed by atoms with Gasteiger partial charge in [0.05, 0.1) is 18.7 Å². The fraction of sp³-hybridized carbons (Fsp3) is 0.273. The first kappa shape index (κ1) is 21.6. The van der Waals surface area contributed by atoms with Crippen molar-refractivity contribution in [2.75, 3.05) is 11.1 Å². The molecule has 0 saturated heterocycles. The largest absolute Gasteiger partial charge is 0.349 e. The van der Waals surface area contributed by atoms with E-state index in [0.29, 0.717) is 17.4 Å². The van der Waals surface area contributed by atoms with Crippen LogP contribution in [0, 0.1) is 13.8 Å². The van der Waals surface area contributed by atoms with Gasteiger partial charge in [-0.1, -0.05) is 59.8 Å². The summed E-state index contributed by atoms with van der Waals surface area (Å²) in [7, 11) is 1.82. The van der Waals surface area contributed by atoms with Gasteiger partial charge in [-0.3, -0.25) is 9.59 Å². The van der Waals surface area contributed by atoms with Gasteiger partial charge in [-0.15, -0.1) is 10.2 Å². The van der Waals surface area contributed by atoms with Gasteiger partial charge in [0, 0.05) is 12.7 Å². The maximum atomic E-state index is 12.3. The number of thioether (sulfide) groups is 1. The minimum atomic E-state index is -0.104. The van der Waals surface area contributed by atoms with Crippen molar-refractivity contribution in [2.24, 2.45) is 7.05 Å². The molecule has 0 unspecified atom stereocenters. The van der Waals surface area contributed by atoms with Crippen LogP contribution in [0.25, 0.3) is 0 Å². The van der Waals surface area contributed by atoms with Crippen molar-refractivity contribution in [3.63, 3.8) is 0 Å². The predicted octanol–water partition coefficient (Wildman–Crippen LogP) is 3.02. The van der Waals surface area contributed by atoms with Crippen molar-refractivity contribution in [2.45, 2.75) is 32.0 Å². The van der Waals surface area contributed by atoms with Gasteiger partial charge in [0.25, 0.3) is 0 Å². The van der Waals surface area contributed by atoms with E-state index in [1.54, 1.807) is 4.57 Å². The average Bonchev–Trinajstić information content (AvgIpc) is 3.07. The second kappa shape index (κ2) is 10.1. The number of aryl methyl sites for hydroxylation is 2. The molecule has 8 heteroatoms. The second-order valence-electron chi connectivity index (χ2n) is 7.05. The SMILES string of the molecule is Cc1ccc(NC(=O)CSc2nnc(CNC(=O)Cc3ccccc3)n2C)c(C)c1. The number of benzene rings is 2. The number of carbonyl (C=O) groups excluding carboxylic acids is 2. The minimum absolute atomic E-state index is 0.0775. The Kier molecular flexibility index (Phi) is 7.24. The van der Waals surface area contributed by atoms with E-state index >= 15 is 0 Å². The Bertz CT molecular complexity index is 1030. The van der Waals surface area contributed by atoms with Crippen LogP contribution < -0.4 is 10.6 Å². The van der Waals surface area contributed by atoms with Gasteiger partial charge in [-0.2, -0.15) is 0 Å². The van der Waals surface area contributed by atoms with E-state index < -0.39 is 0 Å². The smallest absolute Gasteiger partial charge is 0.234 e. The maximum Gasteiger partial charge on any atom is 0.234 e. The van der Waals surface area contributed by atoms with Crippen LogP contribution in [0.1, 0.15) is 22.5 Å². The molecule has 1 aromatic heterocycles. The highest BCUT2D eigenvalue weighted by Crippen LogP contribution is 2.19. The summed E-state index contributed by atoms with van der Waals surface area (Å²) in [5.74, 6) is 0.673. The van der Waals surface area contributed by atoms with E-state index in [1.165, 1.54) is 11.8 Å². The average molecular weight is 424 g/mol. The van der Waals surface area contributed by atoms with Crippen LogP contribution >= 0.6 is 11.8 Å². The van der Waals surface area contributed by atoms with Crippen LogP contribution in [0.4, 0.5) is 5.69 Å². The number of nitrogens with one attached hydrogen (secondary N) is 2. The standard InChI is InChI=1S/C22H25N5O2S/c1-15-9-10-18(16(2)11-15)24-21(29)14-30-22-26-25-19(27(22)3)13-23-20(28)12-17-7-5-4-6-8-17/h4-11H,12-14H2,1-3H3,(H,23,28)(H,24,29). The van der Waals surface area contributed by atoms with Crippen molar-refractivity contribution in [3.8, 4) is 0 Å². The van der Waals surface area contributed by atoms with Crippen LogP contribution in [0.5, 0.6) is 0 Å². The van der Waals surface area contributed by atoms with Gasteiger partial charge in [0.15, 0.2) is 11.0 Å². The second-order valence-corrected chi connectivity index (χ2v) is 7.99. The van der Waals surface area contributed by atoms with Crippen molar-refractivity contribution in [3.05, 3.63) is 71.0 Å². The Hall–Kier alpha value is -3.13. The molecule has 156 valence electrons. The van der Waals surface area contributed by atoms with Crippen LogP contribution in [-0.4, -0.2) is 32.3 Å². The molecule has 30 heavy (non-hydrogen) atoms. The highest BCUT2D eigenvalue weighted by atomic mass is 32.2. The molecule has 2 aromatic carbocycles. The lowest BCUT2D eigenvalue weighted by Gasteiger charge is -2.09. The Balaban J connectivity index is 1.48. The number of aromatic nitrogens is 3. The predicted molar refractivity (Wildman–Crippen MR) is 118 cm³/mol. The molecule has 7 nitrogen and oxygen atoms in total. The molecule has 3 aromatic rings. The van der Waals surface area contributed by atoms with Gasteiger partial charge in [0.1, 0.15) is 0 Å². The van der Waals surface area contributed by atoms with Crippen LogP contribution in [0.15, 0.2) is 53.7 Å². The fourth-order valence-corrected chi connectivity index (χ4v) is 3.65. The molecule has 1 heterocycles. The van der Waals surface area contributed by atoms with Gasteiger partial charge >= 0.3 is 0 Å². The molecule has 2 amide bonds. The summed E-state index contributed by atoms with van der Waals surface area (Å²) in [6.07, 6.45) is 0.318. The Morgan fingerprint density at radius 2 is 1.80 bits per heavy atom. The molecule has 0 bridgehead atoms.